The van der Waals surface area contributed by atoms with Crippen molar-refractivity contribution in [2.75, 3.05) is 82.1 Å². The highest BCUT2D eigenvalue weighted by Crippen LogP contribution is 2.33. The molecule has 2 fully saturated rings. The smallest absolute Gasteiger partial charge is 0.336 e. The molecule has 2 saturated heterocycles. The third kappa shape index (κ3) is 7.93. The number of morpholine rings is 1. The van der Waals surface area contributed by atoms with Crippen LogP contribution < -0.4 is 15.5 Å². The molecule has 14 heteroatoms. The normalized spacial score (nSPS) is 17.9. The minimum absolute atomic E-state index is 0.129. The maximum atomic E-state index is 14.7. The Hall–Kier alpha value is -3.91. The average Bonchev–Trinajstić information content (AvgIpc) is 3.02. The Bertz CT molecular complexity index is 1460. The molecule has 228 valence electrons. The Morgan fingerprint density at radius 3 is 2.72 bits per heavy atom. The third-order valence-corrected chi connectivity index (χ3v) is 7.60. The van der Waals surface area contributed by atoms with Crippen LogP contribution in [-0.4, -0.2) is 110 Å². The topological polar surface area (TPSA) is 125 Å². The summed E-state index contributed by atoms with van der Waals surface area (Å²) in [6.45, 7) is 5.43. The Labute approximate surface area is 254 Å². The Morgan fingerprint density at radius 2 is 1.93 bits per heavy atom. The van der Waals surface area contributed by atoms with Gasteiger partial charge in [0.1, 0.15) is 11.6 Å². The summed E-state index contributed by atoms with van der Waals surface area (Å²) < 4.78 is 25.2. The summed E-state index contributed by atoms with van der Waals surface area (Å²) in [5.41, 5.74) is 1.55. The molecule has 1 unspecified atom stereocenters. The van der Waals surface area contributed by atoms with Crippen molar-refractivity contribution in [2.45, 2.75) is 12.5 Å². The monoisotopic (exact) mass is 612 g/mol. The van der Waals surface area contributed by atoms with Crippen LogP contribution in [0.25, 0.3) is 11.3 Å². The van der Waals surface area contributed by atoms with Crippen molar-refractivity contribution >= 4 is 46.5 Å². The highest BCUT2D eigenvalue weighted by molar-refractivity contribution is 6.30. The van der Waals surface area contributed by atoms with Crippen LogP contribution in [0.3, 0.4) is 0 Å². The minimum Gasteiger partial charge on any atom is -0.467 e. The number of halogens is 2. The van der Waals surface area contributed by atoms with Gasteiger partial charge in [-0.1, -0.05) is 11.6 Å². The van der Waals surface area contributed by atoms with Crippen LogP contribution in [0.2, 0.25) is 5.02 Å². The standard InChI is InChI=1S/C29H34ClFN8O4/c1-37-9-11-38(12-10-37)8-6-27(40)34-26-16-20(5-7-32-26)33-24-17-23(21-15-19(30)3-4-22(21)31)35-36-28(24)39-13-14-43-25(18-39)29(41)42-2/h3-5,7,15-17,25H,6,8-14,18H2,1-2H3,(H2,32,33,34,35,40). The van der Waals surface area contributed by atoms with E-state index in [1.165, 1.54) is 25.3 Å². The van der Waals surface area contributed by atoms with E-state index in [9.17, 15) is 14.0 Å². The summed E-state index contributed by atoms with van der Waals surface area (Å²) in [7, 11) is 3.40. The number of carbonyl (C=O) groups is 2. The van der Waals surface area contributed by atoms with Crippen LogP contribution in [0.1, 0.15) is 6.42 Å². The zero-order valence-corrected chi connectivity index (χ0v) is 24.8. The SMILES string of the molecule is COC(=O)C1CN(c2nnc(-c3cc(Cl)ccc3F)cc2Nc2ccnc(NC(=O)CCN3CCN(C)CC3)c2)CCO1. The molecule has 3 aromatic rings. The van der Waals surface area contributed by atoms with Crippen molar-refractivity contribution < 1.29 is 23.5 Å². The molecule has 0 bridgehead atoms. The highest BCUT2D eigenvalue weighted by atomic mass is 35.5. The van der Waals surface area contributed by atoms with Gasteiger partial charge in [-0.05, 0) is 37.4 Å². The van der Waals surface area contributed by atoms with Gasteiger partial charge in [-0.15, -0.1) is 10.2 Å². The summed E-state index contributed by atoms with van der Waals surface area (Å²) in [4.78, 5) is 35.6. The number of carbonyl (C=O) groups excluding carboxylic acids is 2. The lowest BCUT2D eigenvalue weighted by Crippen LogP contribution is -2.47. The number of rotatable bonds is 9. The number of amides is 1. The minimum atomic E-state index is -0.799. The van der Waals surface area contributed by atoms with Gasteiger partial charge in [0.2, 0.25) is 5.91 Å². The molecule has 1 aromatic carbocycles. The van der Waals surface area contributed by atoms with Crippen molar-refractivity contribution in [2.24, 2.45) is 0 Å². The number of hydrogen-bond acceptors (Lipinski definition) is 11. The quantitative estimate of drug-likeness (QED) is 0.346. The number of ether oxygens (including phenoxy) is 2. The molecule has 4 heterocycles. The van der Waals surface area contributed by atoms with Crippen LogP contribution in [0.4, 0.5) is 27.4 Å². The predicted molar refractivity (Wildman–Crippen MR) is 161 cm³/mol. The number of hydrogen-bond donors (Lipinski definition) is 2. The van der Waals surface area contributed by atoms with Crippen LogP contribution in [-0.2, 0) is 19.1 Å². The number of piperazine rings is 1. The number of pyridine rings is 1. The van der Waals surface area contributed by atoms with Gasteiger partial charge >= 0.3 is 5.97 Å². The van der Waals surface area contributed by atoms with Crippen molar-refractivity contribution in [1.29, 1.82) is 0 Å². The highest BCUT2D eigenvalue weighted by Gasteiger charge is 2.30. The molecule has 2 aromatic heterocycles. The Morgan fingerprint density at radius 1 is 1.12 bits per heavy atom. The van der Waals surface area contributed by atoms with E-state index in [0.717, 1.165) is 26.2 Å². The number of methoxy groups -OCH3 is 1. The van der Waals surface area contributed by atoms with Gasteiger partial charge in [0.05, 0.1) is 31.6 Å². The second-order valence-corrected chi connectivity index (χ2v) is 10.9. The van der Waals surface area contributed by atoms with Gasteiger partial charge in [0.25, 0.3) is 0 Å². The van der Waals surface area contributed by atoms with E-state index in [0.29, 0.717) is 47.5 Å². The summed E-state index contributed by atoms with van der Waals surface area (Å²) >= 11 is 6.14. The third-order valence-electron chi connectivity index (χ3n) is 7.37. The van der Waals surface area contributed by atoms with E-state index in [4.69, 9.17) is 21.1 Å². The Balaban J connectivity index is 1.36. The van der Waals surface area contributed by atoms with E-state index >= 15 is 0 Å². The van der Waals surface area contributed by atoms with Gasteiger partial charge in [0.15, 0.2) is 11.9 Å². The van der Waals surface area contributed by atoms with E-state index in [1.807, 2.05) is 4.90 Å². The summed E-state index contributed by atoms with van der Waals surface area (Å²) in [5, 5.41) is 15.2. The molecule has 5 rings (SSSR count). The number of aromatic nitrogens is 3. The largest absolute Gasteiger partial charge is 0.467 e. The molecule has 1 amide bonds. The number of benzene rings is 1. The first-order valence-corrected chi connectivity index (χ1v) is 14.4. The number of likely N-dealkylation sites (N-methyl/N-ethyl adjacent to an activating group) is 1. The second-order valence-electron chi connectivity index (χ2n) is 10.4. The van der Waals surface area contributed by atoms with Crippen molar-refractivity contribution in [3.63, 3.8) is 0 Å². The Kier molecular flexibility index (Phi) is 9.97. The molecule has 43 heavy (non-hydrogen) atoms. The van der Waals surface area contributed by atoms with E-state index in [-0.39, 0.29) is 30.3 Å². The molecule has 0 aliphatic carbocycles. The van der Waals surface area contributed by atoms with Gasteiger partial charge in [0, 0.05) is 74.2 Å². The van der Waals surface area contributed by atoms with Crippen LogP contribution in [0, 0.1) is 5.82 Å². The lowest BCUT2D eigenvalue weighted by molar-refractivity contribution is -0.154. The molecule has 2 aliphatic rings. The number of nitrogens with zero attached hydrogens (tertiary/aromatic N) is 6. The summed E-state index contributed by atoms with van der Waals surface area (Å²) in [5.74, 6) is -0.309. The molecule has 2 aliphatic heterocycles. The zero-order valence-electron chi connectivity index (χ0n) is 24.1. The lowest BCUT2D eigenvalue weighted by Gasteiger charge is -2.33. The van der Waals surface area contributed by atoms with Crippen LogP contribution in [0.15, 0.2) is 42.6 Å². The number of anilines is 4. The fourth-order valence-electron chi connectivity index (χ4n) is 4.92. The predicted octanol–water partition coefficient (Wildman–Crippen LogP) is 3.03. The second kappa shape index (κ2) is 14.0. The van der Waals surface area contributed by atoms with Crippen molar-refractivity contribution in [1.82, 2.24) is 25.0 Å². The summed E-state index contributed by atoms with van der Waals surface area (Å²) in [6, 6.07) is 9.31. The zero-order chi connectivity index (χ0) is 30.3. The molecular weight excluding hydrogens is 579 g/mol. The molecule has 1 atom stereocenters. The lowest BCUT2D eigenvalue weighted by atomic mass is 10.1. The fraction of sp³-hybridized carbons (Fsp3) is 0.414. The first kappa shape index (κ1) is 30.5. The van der Waals surface area contributed by atoms with Gasteiger partial charge < -0.3 is 34.8 Å². The first-order chi connectivity index (χ1) is 20.8. The van der Waals surface area contributed by atoms with Gasteiger partial charge in [-0.3, -0.25) is 4.79 Å². The van der Waals surface area contributed by atoms with Crippen LogP contribution in [0.5, 0.6) is 0 Å². The molecule has 2 N–H and O–H groups in total. The van der Waals surface area contributed by atoms with Crippen LogP contribution >= 0.6 is 11.6 Å². The van der Waals surface area contributed by atoms with Gasteiger partial charge in [-0.2, -0.15) is 0 Å². The van der Waals surface area contributed by atoms with Crippen molar-refractivity contribution in [3.05, 3.63) is 53.4 Å². The first-order valence-electron chi connectivity index (χ1n) is 14.0. The maximum absolute atomic E-state index is 14.7. The molecular formula is C29H34ClFN8O4. The number of esters is 1. The van der Waals surface area contributed by atoms with Gasteiger partial charge in [-0.25, -0.2) is 14.2 Å². The van der Waals surface area contributed by atoms with E-state index < -0.39 is 17.9 Å². The van der Waals surface area contributed by atoms with E-state index in [1.54, 1.807) is 24.4 Å². The maximum Gasteiger partial charge on any atom is 0.336 e. The fourth-order valence-corrected chi connectivity index (χ4v) is 5.09. The average molecular weight is 613 g/mol. The molecule has 0 spiro atoms. The molecule has 0 radical (unpaired) electrons. The van der Waals surface area contributed by atoms with Crippen molar-refractivity contribution in [3.8, 4) is 11.3 Å². The summed E-state index contributed by atoms with van der Waals surface area (Å²) in [6.07, 6.45) is 1.13. The van der Waals surface area contributed by atoms with E-state index in [2.05, 4.69) is 42.7 Å². The molecule has 0 saturated carbocycles. The number of nitrogens with one attached hydrogen (secondary N) is 2. The molecule has 12 nitrogen and oxygen atoms in total.